The maximum atomic E-state index is 6.28. The number of nitrogens with zero attached hydrogens (tertiary/aromatic N) is 2. The van der Waals surface area contributed by atoms with Gasteiger partial charge in [-0.05, 0) is 44.6 Å². The molecule has 2 N–H and O–H groups in total. The summed E-state index contributed by atoms with van der Waals surface area (Å²) >= 11 is 5.15. The predicted octanol–water partition coefficient (Wildman–Crippen LogP) is 3.50. The minimum atomic E-state index is -0.142. The lowest BCUT2D eigenvalue weighted by Crippen LogP contribution is -2.11. The molecule has 0 aliphatic rings. The zero-order chi connectivity index (χ0) is 12.5. The molecule has 18 heavy (non-hydrogen) atoms. The maximum absolute atomic E-state index is 6.28. The van der Waals surface area contributed by atoms with E-state index < -0.39 is 0 Å². The van der Waals surface area contributed by atoms with Crippen LogP contribution in [0.1, 0.15) is 17.2 Å². The van der Waals surface area contributed by atoms with Crippen molar-refractivity contribution in [3.8, 4) is 0 Å². The Morgan fingerprint density at radius 3 is 2.61 bits per heavy atom. The van der Waals surface area contributed by atoms with Crippen molar-refractivity contribution < 1.29 is 0 Å². The molecule has 0 fully saturated rings. The van der Waals surface area contributed by atoms with Gasteiger partial charge >= 0.3 is 0 Å². The van der Waals surface area contributed by atoms with Crippen molar-refractivity contribution >= 4 is 38.3 Å². The minimum Gasteiger partial charge on any atom is -0.320 e. The predicted molar refractivity (Wildman–Crippen MR) is 77.6 cm³/mol. The molecule has 0 saturated heterocycles. The average molecular weight is 320 g/mol. The lowest BCUT2D eigenvalue weighted by molar-refractivity contribution is 0.873. The van der Waals surface area contributed by atoms with Crippen LogP contribution in [0.3, 0.4) is 0 Å². The second kappa shape index (κ2) is 4.76. The molecule has 0 radical (unpaired) electrons. The van der Waals surface area contributed by atoms with Crippen LogP contribution in [0.15, 0.2) is 45.8 Å². The van der Waals surface area contributed by atoms with Gasteiger partial charge in [-0.25, -0.2) is 0 Å². The molecule has 0 amide bonds. The third kappa shape index (κ3) is 2.05. The Labute approximate surface area is 117 Å². The van der Waals surface area contributed by atoms with E-state index in [4.69, 9.17) is 5.73 Å². The highest BCUT2D eigenvalue weighted by atomic mass is 79.9. The van der Waals surface area contributed by atoms with E-state index in [9.17, 15) is 0 Å². The summed E-state index contributed by atoms with van der Waals surface area (Å²) in [5, 5.41) is 4.10. The van der Waals surface area contributed by atoms with E-state index in [-0.39, 0.29) is 6.04 Å². The minimum absolute atomic E-state index is 0.142. The lowest BCUT2D eigenvalue weighted by atomic mass is 10.0. The Balaban J connectivity index is 2.07. The Morgan fingerprint density at radius 1 is 1.11 bits per heavy atom. The quantitative estimate of drug-likeness (QED) is 0.786. The fourth-order valence-corrected chi connectivity index (χ4v) is 3.45. The summed E-state index contributed by atoms with van der Waals surface area (Å²) < 4.78 is 1.05. The van der Waals surface area contributed by atoms with Crippen molar-refractivity contribution in [2.45, 2.75) is 6.04 Å². The van der Waals surface area contributed by atoms with E-state index in [2.05, 4.69) is 31.3 Å². The van der Waals surface area contributed by atoms with Gasteiger partial charge in [0.25, 0.3) is 0 Å². The van der Waals surface area contributed by atoms with Crippen LogP contribution in [0.5, 0.6) is 0 Å². The number of nitrogens with two attached hydrogens (primary N) is 1. The first-order valence-electron chi connectivity index (χ1n) is 5.43. The number of benzene rings is 1. The monoisotopic (exact) mass is 319 g/mol. The Hall–Kier alpha value is -1.30. The largest absolute Gasteiger partial charge is 0.320 e. The first-order chi connectivity index (χ1) is 8.75. The van der Waals surface area contributed by atoms with E-state index in [1.807, 2.05) is 23.6 Å². The van der Waals surface area contributed by atoms with E-state index >= 15 is 0 Å². The molecule has 1 atom stereocenters. The number of hydrogen-bond acceptors (Lipinski definition) is 4. The molecule has 5 heteroatoms. The molecular weight excluding hydrogens is 310 g/mol. The third-order valence-corrected chi connectivity index (χ3v) is 4.58. The zero-order valence-corrected chi connectivity index (χ0v) is 11.8. The van der Waals surface area contributed by atoms with Crippen LogP contribution in [0.4, 0.5) is 0 Å². The molecule has 0 spiro atoms. The highest BCUT2D eigenvalue weighted by Gasteiger charge is 2.13. The average Bonchev–Trinajstić information content (AvgIpc) is 2.83. The molecule has 0 bridgehead atoms. The van der Waals surface area contributed by atoms with E-state index in [0.29, 0.717) is 0 Å². The summed E-state index contributed by atoms with van der Waals surface area (Å²) in [5.74, 6) is 0. The molecule has 3 nitrogen and oxygen atoms in total. The van der Waals surface area contributed by atoms with Crippen LogP contribution in [-0.4, -0.2) is 9.97 Å². The number of rotatable bonds is 2. The summed E-state index contributed by atoms with van der Waals surface area (Å²) in [7, 11) is 0. The normalized spacial score (nSPS) is 12.8. The molecular formula is C13H10BrN3S. The molecule has 90 valence electrons. The van der Waals surface area contributed by atoms with Crippen LogP contribution in [-0.2, 0) is 0 Å². The van der Waals surface area contributed by atoms with Gasteiger partial charge in [0, 0.05) is 22.2 Å². The fraction of sp³-hybridized carbons (Fsp3) is 0.0769. The first-order valence-corrected chi connectivity index (χ1v) is 7.17. The summed E-state index contributed by atoms with van der Waals surface area (Å²) in [5.41, 5.74) is 10.2. The molecule has 2 heterocycles. The maximum Gasteiger partial charge on any atom is 0.0890 e. The lowest BCUT2D eigenvalue weighted by Gasteiger charge is -2.12. The van der Waals surface area contributed by atoms with Crippen molar-refractivity contribution in [3.63, 3.8) is 0 Å². The fourth-order valence-electron chi connectivity index (χ4n) is 1.87. The van der Waals surface area contributed by atoms with Gasteiger partial charge in [-0.3, -0.25) is 9.97 Å². The van der Waals surface area contributed by atoms with E-state index in [1.165, 1.54) is 0 Å². The first kappa shape index (κ1) is 11.8. The standard InChI is InChI=1S/C13H10BrN3S/c14-10-7-18-6-9(10)13(15)8-1-2-11-12(5-8)17-4-3-16-11/h1-7,13H,15H2. The van der Waals surface area contributed by atoms with Gasteiger partial charge in [-0.2, -0.15) is 11.3 Å². The van der Waals surface area contributed by atoms with Crippen LogP contribution in [0.2, 0.25) is 0 Å². The van der Waals surface area contributed by atoms with E-state index in [1.54, 1.807) is 23.7 Å². The topological polar surface area (TPSA) is 51.8 Å². The summed E-state index contributed by atoms with van der Waals surface area (Å²) in [6.07, 6.45) is 3.38. The van der Waals surface area contributed by atoms with Gasteiger partial charge in [0.15, 0.2) is 0 Å². The molecule has 0 aliphatic carbocycles. The second-order valence-corrected chi connectivity index (χ2v) is 5.56. The molecule has 1 aromatic carbocycles. The van der Waals surface area contributed by atoms with Crippen LogP contribution in [0, 0.1) is 0 Å². The van der Waals surface area contributed by atoms with Crippen molar-refractivity contribution in [2.24, 2.45) is 5.73 Å². The highest BCUT2D eigenvalue weighted by Crippen LogP contribution is 2.30. The second-order valence-electron chi connectivity index (χ2n) is 3.96. The van der Waals surface area contributed by atoms with Crippen LogP contribution in [0.25, 0.3) is 11.0 Å². The van der Waals surface area contributed by atoms with Gasteiger partial charge in [-0.15, -0.1) is 0 Å². The third-order valence-electron chi connectivity index (χ3n) is 2.83. The van der Waals surface area contributed by atoms with Crippen molar-refractivity contribution in [2.75, 3.05) is 0 Å². The Kier molecular flexibility index (Phi) is 3.11. The van der Waals surface area contributed by atoms with Crippen LogP contribution >= 0.6 is 27.3 Å². The molecule has 0 saturated carbocycles. The number of halogens is 1. The summed E-state index contributed by atoms with van der Waals surface area (Å²) in [6, 6.07) is 5.82. The van der Waals surface area contributed by atoms with Crippen molar-refractivity contribution in [1.29, 1.82) is 0 Å². The zero-order valence-electron chi connectivity index (χ0n) is 9.38. The highest BCUT2D eigenvalue weighted by molar-refractivity contribution is 9.10. The van der Waals surface area contributed by atoms with Crippen molar-refractivity contribution in [1.82, 2.24) is 9.97 Å². The van der Waals surface area contributed by atoms with E-state index in [0.717, 1.165) is 26.6 Å². The summed E-state index contributed by atoms with van der Waals surface area (Å²) in [6.45, 7) is 0. The number of aromatic nitrogens is 2. The summed E-state index contributed by atoms with van der Waals surface area (Å²) in [4.78, 5) is 8.55. The Bertz CT molecular complexity index is 695. The molecule has 3 rings (SSSR count). The number of hydrogen-bond donors (Lipinski definition) is 1. The number of fused-ring (bicyclic) bond motifs is 1. The van der Waals surface area contributed by atoms with Gasteiger partial charge in [0.1, 0.15) is 0 Å². The smallest absolute Gasteiger partial charge is 0.0890 e. The van der Waals surface area contributed by atoms with Gasteiger partial charge in [0.05, 0.1) is 17.1 Å². The number of thiophene rings is 1. The molecule has 3 aromatic rings. The van der Waals surface area contributed by atoms with Gasteiger partial charge in [-0.1, -0.05) is 6.07 Å². The molecule has 0 aliphatic heterocycles. The van der Waals surface area contributed by atoms with Gasteiger partial charge in [0.2, 0.25) is 0 Å². The molecule has 2 aromatic heterocycles. The Morgan fingerprint density at radius 2 is 1.89 bits per heavy atom. The van der Waals surface area contributed by atoms with Gasteiger partial charge < -0.3 is 5.73 Å². The van der Waals surface area contributed by atoms with Crippen LogP contribution < -0.4 is 5.73 Å². The van der Waals surface area contributed by atoms with Crippen molar-refractivity contribution in [3.05, 3.63) is 57.0 Å². The molecule has 1 unspecified atom stereocenters. The SMILES string of the molecule is NC(c1ccc2nccnc2c1)c1cscc1Br.